The maximum atomic E-state index is 11.8. The summed E-state index contributed by atoms with van der Waals surface area (Å²) in [4.78, 5) is 34.0. The summed E-state index contributed by atoms with van der Waals surface area (Å²) < 4.78 is 40.7. The van der Waals surface area contributed by atoms with Crippen LogP contribution in [0, 0.1) is 0 Å². The fourth-order valence-corrected chi connectivity index (χ4v) is 1.57. The lowest BCUT2D eigenvalue weighted by Gasteiger charge is -2.09. The Morgan fingerprint density at radius 2 is 1.70 bits per heavy atom. The van der Waals surface area contributed by atoms with Crippen LogP contribution in [-0.2, 0) is 14.3 Å². The van der Waals surface area contributed by atoms with E-state index in [4.69, 9.17) is 0 Å². The summed E-state index contributed by atoms with van der Waals surface area (Å²) in [5.74, 6) is -2.57. The van der Waals surface area contributed by atoms with Gasteiger partial charge in [-0.3, -0.25) is 14.4 Å². The molecule has 1 aromatic carbocycles. The number of carbonyl (C=O) groups excluding carboxylic acids is 3. The van der Waals surface area contributed by atoms with Gasteiger partial charge in [-0.1, -0.05) is 15.9 Å². The number of benzene rings is 1. The number of halogens is 4. The number of ether oxygens (including phenoxy) is 1. The minimum Gasteiger partial charge on any atom is -0.454 e. The maximum absolute atomic E-state index is 11.8. The van der Waals surface area contributed by atoms with Crippen molar-refractivity contribution in [2.24, 2.45) is 0 Å². The Kier molecular flexibility index (Phi) is 7.01. The molecule has 0 saturated heterocycles. The number of hydrogen-bond donors (Lipinski definition) is 2. The summed E-state index contributed by atoms with van der Waals surface area (Å²) in [6.07, 6.45) is -4.54. The van der Waals surface area contributed by atoms with Crippen molar-refractivity contribution < 1.29 is 32.3 Å². The zero-order chi connectivity index (χ0) is 17.5. The first-order valence-corrected chi connectivity index (χ1v) is 6.99. The van der Waals surface area contributed by atoms with Crippen LogP contribution in [0.25, 0.3) is 0 Å². The monoisotopic (exact) mass is 396 g/mol. The van der Waals surface area contributed by atoms with Gasteiger partial charge in [0.05, 0.1) is 0 Å². The van der Waals surface area contributed by atoms with E-state index in [0.717, 1.165) is 4.47 Å². The number of carbonyl (C=O) groups is 3. The van der Waals surface area contributed by atoms with Gasteiger partial charge in [-0.2, -0.15) is 13.2 Å². The van der Waals surface area contributed by atoms with E-state index >= 15 is 0 Å². The number of esters is 1. The van der Waals surface area contributed by atoms with Crippen LogP contribution in [-0.4, -0.2) is 43.7 Å². The average Bonchev–Trinajstić information content (AvgIpc) is 2.48. The number of amides is 2. The van der Waals surface area contributed by atoms with Gasteiger partial charge in [0, 0.05) is 10.0 Å². The van der Waals surface area contributed by atoms with Crippen molar-refractivity contribution in [3.63, 3.8) is 0 Å². The Balaban J connectivity index is 2.27. The van der Waals surface area contributed by atoms with Gasteiger partial charge in [-0.15, -0.1) is 0 Å². The molecule has 1 rings (SSSR count). The molecule has 0 aliphatic heterocycles. The SMILES string of the molecule is O=C(COC(=O)CNC(=O)c1ccc(Br)cc1)NCC(F)(F)F. The Labute approximate surface area is 137 Å². The van der Waals surface area contributed by atoms with Crippen molar-refractivity contribution in [2.75, 3.05) is 19.7 Å². The smallest absolute Gasteiger partial charge is 0.405 e. The normalized spacial score (nSPS) is 10.8. The zero-order valence-corrected chi connectivity index (χ0v) is 13.2. The highest BCUT2D eigenvalue weighted by Gasteiger charge is 2.27. The van der Waals surface area contributed by atoms with Crippen LogP contribution in [0.4, 0.5) is 13.2 Å². The summed E-state index contributed by atoms with van der Waals surface area (Å²) in [7, 11) is 0. The molecule has 0 saturated carbocycles. The van der Waals surface area contributed by atoms with E-state index in [1.807, 2.05) is 0 Å². The second-order valence-corrected chi connectivity index (χ2v) is 5.16. The number of rotatable bonds is 6. The lowest BCUT2D eigenvalue weighted by molar-refractivity contribution is -0.150. The van der Waals surface area contributed by atoms with E-state index in [1.54, 1.807) is 17.4 Å². The lowest BCUT2D eigenvalue weighted by Crippen LogP contribution is -2.37. The summed E-state index contributed by atoms with van der Waals surface area (Å²) in [5, 5.41) is 3.80. The minimum absolute atomic E-state index is 0.309. The van der Waals surface area contributed by atoms with Gasteiger partial charge in [0.2, 0.25) is 0 Å². The maximum Gasteiger partial charge on any atom is 0.405 e. The molecule has 0 heterocycles. The van der Waals surface area contributed by atoms with Crippen molar-refractivity contribution in [1.29, 1.82) is 0 Å². The zero-order valence-electron chi connectivity index (χ0n) is 11.6. The number of nitrogens with one attached hydrogen (secondary N) is 2. The molecule has 6 nitrogen and oxygen atoms in total. The van der Waals surface area contributed by atoms with Gasteiger partial charge >= 0.3 is 12.1 Å². The van der Waals surface area contributed by atoms with Crippen LogP contribution < -0.4 is 10.6 Å². The van der Waals surface area contributed by atoms with Crippen LogP contribution in [0.5, 0.6) is 0 Å². The third-order valence-electron chi connectivity index (χ3n) is 2.35. The summed E-state index contributed by atoms with van der Waals surface area (Å²) in [5.41, 5.74) is 0.309. The molecule has 0 radical (unpaired) electrons. The molecular weight excluding hydrogens is 385 g/mol. The van der Waals surface area contributed by atoms with Crippen molar-refractivity contribution >= 4 is 33.7 Å². The second-order valence-electron chi connectivity index (χ2n) is 4.24. The summed E-state index contributed by atoms with van der Waals surface area (Å²) in [6, 6.07) is 6.32. The molecule has 1 aromatic rings. The number of alkyl halides is 3. The molecule has 0 bridgehead atoms. The molecule has 0 unspecified atom stereocenters. The second kappa shape index (κ2) is 8.51. The quantitative estimate of drug-likeness (QED) is 0.711. The van der Waals surface area contributed by atoms with E-state index in [1.165, 1.54) is 12.1 Å². The lowest BCUT2D eigenvalue weighted by atomic mass is 10.2. The van der Waals surface area contributed by atoms with Gasteiger partial charge in [0.1, 0.15) is 13.1 Å². The summed E-state index contributed by atoms with van der Waals surface area (Å²) in [6.45, 7) is -2.88. The molecule has 0 aliphatic carbocycles. The molecule has 23 heavy (non-hydrogen) atoms. The third kappa shape index (κ3) is 8.19. The largest absolute Gasteiger partial charge is 0.454 e. The van der Waals surface area contributed by atoms with Crippen molar-refractivity contribution in [1.82, 2.24) is 10.6 Å². The Morgan fingerprint density at radius 1 is 1.09 bits per heavy atom. The number of hydrogen-bond acceptors (Lipinski definition) is 4. The van der Waals surface area contributed by atoms with Gasteiger partial charge in [-0.05, 0) is 24.3 Å². The van der Waals surface area contributed by atoms with Crippen LogP contribution >= 0.6 is 15.9 Å². The van der Waals surface area contributed by atoms with E-state index in [0.29, 0.717) is 5.56 Å². The molecule has 0 fully saturated rings. The fraction of sp³-hybridized carbons (Fsp3) is 0.308. The molecule has 0 spiro atoms. The van der Waals surface area contributed by atoms with Gasteiger partial charge in [0.15, 0.2) is 6.61 Å². The van der Waals surface area contributed by atoms with Gasteiger partial charge in [-0.25, -0.2) is 0 Å². The van der Waals surface area contributed by atoms with Crippen molar-refractivity contribution in [3.05, 3.63) is 34.3 Å². The van der Waals surface area contributed by atoms with Crippen LogP contribution in [0.3, 0.4) is 0 Å². The predicted molar refractivity (Wildman–Crippen MR) is 76.5 cm³/mol. The topological polar surface area (TPSA) is 84.5 Å². The Hall–Kier alpha value is -2.10. The fourth-order valence-electron chi connectivity index (χ4n) is 1.30. The molecule has 2 amide bonds. The van der Waals surface area contributed by atoms with Crippen molar-refractivity contribution in [2.45, 2.75) is 6.18 Å². The molecule has 2 N–H and O–H groups in total. The van der Waals surface area contributed by atoms with Crippen molar-refractivity contribution in [3.8, 4) is 0 Å². The average molecular weight is 397 g/mol. The van der Waals surface area contributed by atoms with Gasteiger partial charge < -0.3 is 15.4 Å². The molecule has 10 heteroatoms. The van der Waals surface area contributed by atoms with E-state index in [-0.39, 0.29) is 0 Å². The van der Waals surface area contributed by atoms with Crippen LogP contribution in [0.2, 0.25) is 0 Å². The first-order valence-electron chi connectivity index (χ1n) is 6.20. The van der Waals surface area contributed by atoms with Crippen LogP contribution in [0.15, 0.2) is 28.7 Å². The van der Waals surface area contributed by atoms with E-state index in [2.05, 4.69) is 26.0 Å². The first kappa shape index (κ1) is 18.9. The molecule has 0 atom stereocenters. The minimum atomic E-state index is -4.54. The first-order chi connectivity index (χ1) is 10.7. The predicted octanol–water partition coefficient (Wildman–Crippen LogP) is 1.40. The highest BCUT2D eigenvalue weighted by molar-refractivity contribution is 9.10. The van der Waals surface area contributed by atoms with Gasteiger partial charge in [0.25, 0.3) is 11.8 Å². The van der Waals surface area contributed by atoms with E-state index in [9.17, 15) is 27.6 Å². The summed E-state index contributed by atoms with van der Waals surface area (Å²) >= 11 is 3.20. The van der Waals surface area contributed by atoms with Crippen LogP contribution in [0.1, 0.15) is 10.4 Å². The molecule has 0 aliphatic rings. The molecular formula is C13H12BrF3N2O4. The van der Waals surface area contributed by atoms with E-state index < -0.39 is 43.7 Å². The highest BCUT2D eigenvalue weighted by Crippen LogP contribution is 2.12. The third-order valence-corrected chi connectivity index (χ3v) is 2.88. The Bertz CT molecular complexity index is 576. The Morgan fingerprint density at radius 3 is 2.26 bits per heavy atom. The molecule has 0 aromatic heterocycles. The molecule has 126 valence electrons. The standard InChI is InChI=1S/C13H12BrF3N2O4/c14-9-3-1-8(2-4-9)12(22)18-5-11(21)23-6-10(20)19-7-13(15,16)17/h1-4H,5-7H2,(H,18,22)(H,19,20). The highest BCUT2D eigenvalue weighted by atomic mass is 79.9.